The zero-order chi connectivity index (χ0) is 13.0. The maximum absolute atomic E-state index is 9.74. The van der Waals surface area contributed by atoms with Gasteiger partial charge in [0.1, 0.15) is 0 Å². The van der Waals surface area contributed by atoms with E-state index in [0.717, 1.165) is 15.4 Å². The second-order valence-electron chi connectivity index (χ2n) is 3.83. The number of benzene rings is 1. The van der Waals surface area contributed by atoms with Crippen LogP contribution in [-0.4, -0.2) is 10.1 Å². The second kappa shape index (κ2) is 5.67. The minimum atomic E-state index is -0.554. The molecule has 0 saturated carbocycles. The van der Waals surface area contributed by atoms with Crippen molar-refractivity contribution in [1.29, 1.82) is 5.26 Å². The average molecular weight is 256 g/mol. The number of pyridine rings is 1. The highest BCUT2D eigenvalue weighted by atomic mass is 32.2. The Morgan fingerprint density at radius 3 is 2.61 bits per heavy atom. The SMILES string of the molecule is C[C@@H](O)c1ccc(C#N)cc1Sc1ccncc1. The van der Waals surface area contributed by atoms with Crippen molar-refractivity contribution in [2.45, 2.75) is 22.8 Å². The van der Waals surface area contributed by atoms with E-state index in [4.69, 9.17) is 5.26 Å². The first-order valence-corrected chi connectivity index (χ1v) is 6.32. The number of aromatic nitrogens is 1. The molecule has 4 heteroatoms. The van der Waals surface area contributed by atoms with Crippen LogP contribution in [0.25, 0.3) is 0 Å². The van der Waals surface area contributed by atoms with Crippen LogP contribution in [0.2, 0.25) is 0 Å². The van der Waals surface area contributed by atoms with Crippen molar-refractivity contribution >= 4 is 11.8 Å². The molecule has 0 aliphatic carbocycles. The van der Waals surface area contributed by atoms with Crippen LogP contribution in [0.3, 0.4) is 0 Å². The van der Waals surface area contributed by atoms with Crippen molar-refractivity contribution in [3.05, 3.63) is 53.9 Å². The first kappa shape index (κ1) is 12.6. The molecule has 18 heavy (non-hydrogen) atoms. The molecule has 0 amide bonds. The number of hydrogen-bond acceptors (Lipinski definition) is 4. The highest BCUT2D eigenvalue weighted by molar-refractivity contribution is 7.99. The van der Waals surface area contributed by atoms with Gasteiger partial charge in [0.05, 0.1) is 17.7 Å². The molecule has 1 aromatic carbocycles. The number of nitrogens with zero attached hydrogens (tertiary/aromatic N) is 2. The Labute approximate surface area is 110 Å². The summed E-state index contributed by atoms with van der Waals surface area (Å²) in [4.78, 5) is 5.89. The van der Waals surface area contributed by atoms with E-state index in [1.54, 1.807) is 37.5 Å². The van der Waals surface area contributed by atoms with Gasteiger partial charge in [0.15, 0.2) is 0 Å². The number of rotatable bonds is 3. The van der Waals surface area contributed by atoms with Gasteiger partial charge in [-0.05, 0) is 36.8 Å². The summed E-state index contributed by atoms with van der Waals surface area (Å²) in [5.41, 5.74) is 1.42. The first-order valence-electron chi connectivity index (χ1n) is 5.50. The molecule has 1 aromatic heterocycles. The molecule has 1 N–H and O–H groups in total. The summed E-state index contributed by atoms with van der Waals surface area (Å²) in [5, 5.41) is 18.7. The third-order valence-electron chi connectivity index (χ3n) is 2.47. The van der Waals surface area contributed by atoms with E-state index >= 15 is 0 Å². The molecule has 0 unspecified atom stereocenters. The molecular weight excluding hydrogens is 244 g/mol. The number of aliphatic hydroxyl groups excluding tert-OH is 1. The highest BCUT2D eigenvalue weighted by Gasteiger charge is 2.10. The van der Waals surface area contributed by atoms with Crippen LogP contribution in [0, 0.1) is 11.3 Å². The largest absolute Gasteiger partial charge is 0.389 e. The van der Waals surface area contributed by atoms with Crippen molar-refractivity contribution in [3.8, 4) is 6.07 Å². The Morgan fingerprint density at radius 1 is 1.28 bits per heavy atom. The predicted molar refractivity (Wildman–Crippen MR) is 70.2 cm³/mol. The monoisotopic (exact) mass is 256 g/mol. The number of aliphatic hydroxyl groups is 1. The van der Waals surface area contributed by atoms with E-state index in [0.29, 0.717) is 5.56 Å². The van der Waals surface area contributed by atoms with E-state index in [9.17, 15) is 5.11 Å². The van der Waals surface area contributed by atoms with E-state index in [-0.39, 0.29) is 0 Å². The van der Waals surface area contributed by atoms with Crippen molar-refractivity contribution < 1.29 is 5.11 Å². The van der Waals surface area contributed by atoms with Gasteiger partial charge in [-0.2, -0.15) is 5.26 Å². The van der Waals surface area contributed by atoms with Crippen LogP contribution in [-0.2, 0) is 0 Å². The summed E-state index contributed by atoms with van der Waals surface area (Å²) in [5.74, 6) is 0. The van der Waals surface area contributed by atoms with Gasteiger partial charge in [-0.25, -0.2) is 0 Å². The minimum absolute atomic E-state index is 0.554. The Morgan fingerprint density at radius 2 is 2.00 bits per heavy atom. The van der Waals surface area contributed by atoms with Gasteiger partial charge in [-0.3, -0.25) is 4.98 Å². The number of nitriles is 1. The van der Waals surface area contributed by atoms with Crippen molar-refractivity contribution in [3.63, 3.8) is 0 Å². The molecule has 2 rings (SSSR count). The summed E-state index contributed by atoms with van der Waals surface area (Å²) in [6.45, 7) is 1.72. The van der Waals surface area contributed by atoms with Crippen molar-refractivity contribution in [2.75, 3.05) is 0 Å². The normalized spacial score (nSPS) is 11.8. The van der Waals surface area contributed by atoms with E-state index in [1.165, 1.54) is 11.8 Å². The van der Waals surface area contributed by atoms with Gasteiger partial charge >= 0.3 is 0 Å². The van der Waals surface area contributed by atoms with Crippen LogP contribution >= 0.6 is 11.8 Å². The minimum Gasteiger partial charge on any atom is -0.389 e. The van der Waals surface area contributed by atoms with Crippen LogP contribution in [0.5, 0.6) is 0 Å². The van der Waals surface area contributed by atoms with E-state index in [1.807, 2.05) is 12.1 Å². The lowest BCUT2D eigenvalue weighted by atomic mass is 10.1. The Balaban J connectivity index is 2.39. The molecule has 1 heterocycles. The van der Waals surface area contributed by atoms with Crippen LogP contribution in [0.15, 0.2) is 52.5 Å². The smallest absolute Gasteiger partial charge is 0.0992 e. The van der Waals surface area contributed by atoms with Gasteiger partial charge in [0.25, 0.3) is 0 Å². The number of hydrogen-bond donors (Lipinski definition) is 1. The fraction of sp³-hybridized carbons (Fsp3) is 0.143. The Hall–Kier alpha value is -1.83. The molecule has 0 aliphatic heterocycles. The maximum Gasteiger partial charge on any atom is 0.0992 e. The molecule has 3 nitrogen and oxygen atoms in total. The summed E-state index contributed by atoms with van der Waals surface area (Å²) in [6, 6.07) is 11.2. The Kier molecular flexibility index (Phi) is 3.98. The molecule has 0 radical (unpaired) electrons. The summed E-state index contributed by atoms with van der Waals surface area (Å²) < 4.78 is 0. The average Bonchev–Trinajstić information content (AvgIpc) is 2.39. The quantitative estimate of drug-likeness (QED) is 0.916. The van der Waals surface area contributed by atoms with E-state index < -0.39 is 6.10 Å². The lowest BCUT2D eigenvalue weighted by molar-refractivity contribution is 0.196. The van der Waals surface area contributed by atoms with Crippen LogP contribution in [0.1, 0.15) is 24.2 Å². The summed E-state index contributed by atoms with van der Waals surface area (Å²) >= 11 is 1.52. The lowest BCUT2D eigenvalue weighted by Crippen LogP contribution is -1.94. The van der Waals surface area contributed by atoms with Gasteiger partial charge in [-0.15, -0.1) is 0 Å². The first-order chi connectivity index (χ1) is 8.70. The summed E-state index contributed by atoms with van der Waals surface area (Å²) in [6.07, 6.45) is 2.89. The van der Waals surface area contributed by atoms with Crippen molar-refractivity contribution in [2.24, 2.45) is 0 Å². The van der Waals surface area contributed by atoms with Gasteiger partial charge < -0.3 is 5.11 Å². The van der Waals surface area contributed by atoms with Crippen LogP contribution < -0.4 is 0 Å². The topological polar surface area (TPSA) is 56.9 Å². The predicted octanol–water partition coefficient (Wildman–Crippen LogP) is 3.16. The maximum atomic E-state index is 9.74. The molecule has 0 saturated heterocycles. The molecule has 0 spiro atoms. The zero-order valence-electron chi connectivity index (χ0n) is 9.87. The zero-order valence-corrected chi connectivity index (χ0v) is 10.7. The molecule has 0 aliphatic rings. The van der Waals surface area contributed by atoms with E-state index in [2.05, 4.69) is 11.1 Å². The molecule has 0 bridgehead atoms. The third-order valence-corrected chi connectivity index (χ3v) is 3.55. The molecule has 1 atom stereocenters. The third kappa shape index (κ3) is 2.89. The van der Waals surface area contributed by atoms with Gasteiger partial charge in [0, 0.05) is 22.2 Å². The Bertz CT molecular complexity index is 576. The molecule has 90 valence electrons. The van der Waals surface area contributed by atoms with Gasteiger partial charge in [-0.1, -0.05) is 17.8 Å². The second-order valence-corrected chi connectivity index (χ2v) is 4.94. The lowest BCUT2D eigenvalue weighted by Gasteiger charge is -2.11. The van der Waals surface area contributed by atoms with Crippen LogP contribution in [0.4, 0.5) is 0 Å². The standard InChI is InChI=1S/C14H12N2OS/c1-10(17)13-3-2-11(9-15)8-14(13)18-12-4-6-16-7-5-12/h2-8,10,17H,1H3/t10-/m1/s1. The highest BCUT2D eigenvalue weighted by Crippen LogP contribution is 2.33. The fourth-order valence-electron chi connectivity index (χ4n) is 1.57. The molecular formula is C14H12N2OS. The summed E-state index contributed by atoms with van der Waals surface area (Å²) in [7, 11) is 0. The molecule has 0 fully saturated rings. The molecule has 2 aromatic rings. The van der Waals surface area contributed by atoms with Crippen molar-refractivity contribution in [1.82, 2.24) is 4.98 Å². The van der Waals surface area contributed by atoms with Gasteiger partial charge in [0.2, 0.25) is 0 Å². The fourth-order valence-corrected chi connectivity index (χ4v) is 2.62.